The van der Waals surface area contributed by atoms with Crippen LogP contribution in [0.1, 0.15) is 23.2 Å². The highest BCUT2D eigenvalue weighted by Gasteiger charge is 2.19. The number of imidazole rings is 1. The Bertz CT molecular complexity index is 820. The number of nitrogens with zero attached hydrogens (tertiary/aromatic N) is 2. The summed E-state index contributed by atoms with van der Waals surface area (Å²) in [5.74, 6) is 0.676. The molecule has 7 heteroatoms. The number of aromatic nitrogens is 3. The van der Waals surface area contributed by atoms with Crippen molar-refractivity contribution in [1.82, 2.24) is 25.6 Å². The molecule has 3 aromatic rings. The molecule has 4 rings (SSSR count). The van der Waals surface area contributed by atoms with Gasteiger partial charge in [0.25, 0.3) is 5.91 Å². The van der Waals surface area contributed by atoms with Gasteiger partial charge in [0.15, 0.2) is 11.5 Å². The molecule has 0 saturated carbocycles. The minimum Gasteiger partial charge on any atom is -0.348 e. The number of H-pyrrole nitrogens is 1. The number of carbonyl (C=O) groups excluding carboxylic acids is 1. The zero-order valence-corrected chi connectivity index (χ0v) is 13.3. The second kappa shape index (κ2) is 6.10. The van der Waals surface area contributed by atoms with Gasteiger partial charge in [0.05, 0.1) is 16.0 Å². The third kappa shape index (κ3) is 2.85. The van der Waals surface area contributed by atoms with Gasteiger partial charge in [-0.25, -0.2) is 9.97 Å². The molecule has 118 valence electrons. The van der Waals surface area contributed by atoms with Crippen molar-refractivity contribution in [1.29, 1.82) is 0 Å². The molecule has 4 heterocycles. The number of fused-ring (bicyclic) bond motifs is 1. The second-order valence-electron chi connectivity index (χ2n) is 5.64. The number of thiophene rings is 1. The van der Waals surface area contributed by atoms with Crippen molar-refractivity contribution >= 4 is 28.4 Å². The van der Waals surface area contributed by atoms with Gasteiger partial charge in [0.2, 0.25) is 0 Å². The summed E-state index contributed by atoms with van der Waals surface area (Å²) in [6.45, 7) is 1.85. The first-order chi connectivity index (χ1) is 11.3. The lowest BCUT2D eigenvalue weighted by Gasteiger charge is -2.23. The zero-order valence-electron chi connectivity index (χ0n) is 12.5. The Hall–Kier alpha value is -2.25. The molecule has 0 unspecified atom stereocenters. The Labute approximate surface area is 137 Å². The van der Waals surface area contributed by atoms with E-state index in [4.69, 9.17) is 0 Å². The summed E-state index contributed by atoms with van der Waals surface area (Å²) >= 11 is 1.60. The first-order valence-electron chi connectivity index (χ1n) is 7.71. The van der Waals surface area contributed by atoms with E-state index in [9.17, 15) is 4.79 Å². The van der Waals surface area contributed by atoms with Crippen molar-refractivity contribution in [2.75, 3.05) is 13.1 Å². The van der Waals surface area contributed by atoms with Crippen LogP contribution in [0.4, 0.5) is 0 Å². The summed E-state index contributed by atoms with van der Waals surface area (Å²) in [5, 5.41) is 8.40. The number of carbonyl (C=O) groups is 1. The van der Waals surface area contributed by atoms with Crippen LogP contribution >= 0.6 is 11.3 Å². The van der Waals surface area contributed by atoms with Gasteiger partial charge in [-0.15, -0.1) is 11.3 Å². The summed E-state index contributed by atoms with van der Waals surface area (Å²) in [4.78, 5) is 25.7. The number of hydrogen-bond donors (Lipinski definition) is 3. The van der Waals surface area contributed by atoms with Crippen molar-refractivity contribution in [2.24, 2.45) is 0 Å². The molecule has 1 saturated heterocycles. The molecule has 1 fully saturated rings. The van der Waals surface area contributed by atoms with E-state index in [1.165, 1.54) is 0 Å². The third-order valence-electron chi connectivity index (χ3n) is 4.02. The van der Waals surface area contributed by atoms with Crippen molar-refractivity contribution in [2.45, 2.75) is 18.9 Å². The van der Waals surface area contributed by atoms with E-state index >= 15 is 0 Å². The van der Waals surface area contributed by atoms with Crippen LogP contribution < -0.4 is 10.6 Å². The molecule has 6 nitrogen and oxygen atoms in total. The van der Waals surface area contributed by atoms with Gasteiger partial charge in [0.1, 0.15) is 0 Å². The lowest BCUT2D eigenvalue weighted by atomic mass is 10.1. The molecular weight excluding hydrogens is 310 g/mol. The van der Waals surface area contributed by atoms with Crippen LogP contribution in [0.15, 0.2) is 29.8 Å². The minimum atomic E-state index is -0.0764. The van der Waals surface area contributed by atoms with Crippen LogP contribution in [0.3, 0.4) is 0 Å². The summed E-state index contributed by atoms with van der Waals surface area (Å²) < 4.78 is 0. The number of rotatable bonds is 3. The maximum atomic E-state index is 12.6. The average Bonchev–Trinajstić information content (AvgIpc) is 3.24. The Balaban J connectivity index is 1.65. The SMILES string of the molecule is O=C(N[C@H]1CCCNC1)c1ccnc2nc(-c3cccs3)[nH]c12. The largest absolute Gasteiger partial charge is 0.348 e. The van der Waals surface area contributed by atoms with Gasteiger partial charge >= 0.3 is 0 Å². The number of pyridine rings is 1. The summed E-state index contributed by atoms with van der Waals surface area (Å²) in [7, 11) is 0. The molecule has 3 N–H and O–H groups in total. The highest BCUT2D eigenvalue weighted by molar-refractivity contribution is 7.13. The lowest BCUT2D eigenvalue weighted by molar-refractivity contribution is 0.0932. The minimum absolute atomic E-state index is 0.0764. The first-order valence-corrected chi connectivity index (χ1v) is 8.59. The number of hydrogen-bond acceptors (Lipinski definition) is 5. The van der Waals surface area contributed by atoms with Crippen LogP contribution in [-0.2, 0) is 0 Å². The van der Waals surface area contributed by atoms with Crippen LogP contribution in [0, 0.1) is 0 Å². The average molecular weight is 327 g/mol. The van der Waals surface area contributed by atoms with Crippen molar-refractivity contribution in [3.05, 3.63) is 35.3 Å². The first kappa shape index (κ1) is 14.3. The molecule has 0 aromatic carbocycles. The van der Waals surface area contributed by atoms with Crippen LogP contribution in [0.25, 0.3) is 21.9 Å². The van der Waals surface area contributed by atoms with E-state index in [0.29, 0.717) is 16.7 Å². The summed E-state index contributed by atoms with van der Waals surface area (Å²) in [5.41, 5.74) is 1.86. The molecular formula is C16H17N5OS. The maximum Gasteiger partial charge on any atom is 0.253 e. The lowest BCUT2D eigenvalue weighted by Crippen LogP contribution is -2.45. The fourth-order valence-corrected chi connectivity index (χ4v) is 3.54. The molecule has 0 aliphatic carbocycles. The molecule has 0 radical (unpaired) electrons. The number of aromatic amines is 1. The van der Waals surface area contributed by atoms with E-state index in [2.05, 4.69) is 25.6 Å². The zero-order chi connectivity index (χ0) is 15.6. The van der Waals surface area contributed by atoms with Gasteiger partial charge in [-0.2, -0.15) is 0 Å². The molecule has 0 bridgehead atoms. The van der Waals surface area contributed by atoms with Crippen molar-refractivity contribution in [3.63, 3.8) is 0 Å². The fourth-order valence-electron chi connectivity index (χ4n) is 2.87. The summed E-state index contributed by atoms with van der Waals surface area (Å²) in [6, 6.07) is 5.89. The third-order valence-corrected chi connectivity index (χ3v) is 4.90. The Morgan fingerprint density at radius 1 is 1.39 bits per heavy atom. The predicted octanol–water partition coefficient (Wildman–Crippen LogP) is 2.17. The predicted molar refractivity (Wildman–Crippen MR) is 90.6 cm³/mol. The Morgan fingerprint density at radius 2 is 2.35 bits per heavy atom. The number of piperidine rings is 1. The molecule has 23 heavy (non-hydrogen) atoms. The maximum absolute atomic E-state index is 12.6. The Morgan fingerprint density at radius 3 is 3.13 bits per heavy atom. The standard InChI is InChI=1S/C16H17N5OS/c22-16(19-10-3-1-6-17-9-10)11-5-7-18-15-13(11)20-14(21-15)12-4-2-8-23-12/h2,4-5,7-8,10,17H,1,3,6,9H2,(H,19,22)(H,18,20,21)/t10-/m0/s1. The van der Waals surface area contributed by atoms with Gasteiger partial charge < -0.3 is 15.6 Å². The quantitative estimate of drug-likeness (QED) is 0.688. The second-order valence-corrected chi connectivity index (χ2v) is 6.58. The van der Waals surface area contributed by atoms with Gasteiger partial charge in [-0.3, -0.25) is 4.79 Å². The molecule has 1 amide bonds. The van der Waals surface area contributed by atoms with Crippen molar-refractivity contribution < 1.29 is 4.79 Å². The van der Waals surface area contributed by atoms with E-state index in [-0.39, 0.29) is 11.9 Å². The van der Waals surface area contributed by atoms with E-state index < -0.39 is 0 Å². The molecule has 1 aliphatic heterocycles. The number of amides is 1. The van der Waals surface area contributed by atoms with Crippen LogP contribution in [-0.4, -0.2) is 40.0 Å². The molecule has 1 aliphatic rings. The van der Waals surface area contributed by atoms with Gasteiger partial charge in [0, 0.05) is 18.8 Å². The van der Waals surface area contributed by atoms with E-state index in [1.807, 2.05) is 17.5 Å². The van der Waals surface area contributed by atoms with E-state index in [1.54, 1.807) is 23.6 Å². The van der Waals surface area contributed by atoms with E-state index in [0.717, 1.165) is 36.6 Å². The molecule has 3 aromatic heterocycles. The van der Waals surface area contributed by atoms with Gasteiger partial charge in [-0.1, -0.05) is 6.07 Å². The van der Waals surface area contributed by atoms with Gasteiger partial charge in [-0.05, 0) is 36.9 Å². The highest BCUT2D eigenvalue weighted by atomic mass is 32.1. The molecule has 1 atom stereocenters. The monoisotopic (exact) mass is 327 g/mol. The van der Waals surface area contributed by atoms with Crippen LogP contribution in [0.5, 0.6) is 0 Å². The topological polar surface area (TPSA) is 82.7 Å². The fraction of sp³-hybridized carbons (Fsp3) is 0.312. The normalized spacial score (nSPS) is 18.2. The Kier molecular flexibility index (Phi) is 3.80. The van der Waals surface area contributed by atoms with Crippen molar-refractivity contribution in [3.8, 4) is 10.7 Å². The molecule has 0 spiro atoms. The smallest absolute Gasteiger partial charge is 0.253 e. The highest BCUT2D eigenvalue weighted by Crippen LogP contribution is 2.25. The van der Waals surface area contributed by atoms with Crippen LogP contribution in [0.2, 0.25) is 0 Å². The number of nitrogens with one attached hydrogen (secondary N) is 3. The summed E-state index contributed by atoms with van der Waals surface area (Å²) in [6.07, 6.45) is 3.73.